The van der Waals surface area contributed by atoms with Crippen molar-refractivity contribution >= 4 is 0 Å². The van der Waals surface area contributed by atoms with Crippen LogP contribution in [0.1, 0.15) is 43.0 Å². The highest BCUT2D eigenvalue weighted by molar-refractivity contribution is 5.17. The van der Waals surface area contributed by atoms with Crippen molar-refractivity contribution in [1.29, 1.82) is 0 Å². The van der Waals surface area contributed by atoms with Crippen LogP contribution in [0.15, 0.2) is 18.3 Å². The molecule has 0 bridgehead atoms. The second-order valence-corrected chi connectivity index (χ2v) is 4.67. The van der Waals surface area contributed by atoms with Crippen LogP contribution < -0.4 is 11.1 Å². The number of nitrogens with two attached hydrogens (primary N) is 1. The Balaban J connectivity index is 2.00. The van der Waals surface area contributed by atoms with Crippen LogP contribution in [-0.2, 0) is 0 Å². The van der Waals surface area contributed by atoms with Crippen LogP contribution in [0.5, 0.6) is 0 Å². The van der Waals surface area contributed by atoms with Crippen LogP contribution in [0.2, 0.25) is 0 Å². The van der Waals surface area contributed by atoms with Crippen molar-refractivity contribution in [3.63, 3.8) is 0 Å². The van der Waals surface area contributed by atoms with E-state index in [4.69, 9.17) is 5.73 Å². The summed E-state index contributed by atoms with van der Waals surface area (Å²) < 4.78 is 0. The zero-order chi connectivity index (χ0) is 11.4. The first kappa shape index (κ1) is 11.6. The predicted molar refractivity (Wildman–Crippen MR) is 66.2 cm³/mol. The van der Waals surface area contributed by atoms with Crippen LogP contribution in [0, 0.1) is 6.92 Å². The third kappa shape index (κ3) is 2.80. The van der Waals surface area contributed by atoms with E-state index in [0.717, 1.165) is 5.69 Å². The highest BCUT2D eigenvalue weighted by atomic mass is 15.0. The molecule has 16 heavy (non-hydrogen) atoms. The van der Waals surface area contributed by atoms with E-state index in [1.54, 1.807) is 0 Å². The number of hydrogen-bond acceptors (Lipinski definition) is 3. The maximum atomic E-state index is 5.83. The van der Waals surface area contributed by atoms with Crippen molar-refractivity contribution in [3.05, 3.63) is 29.6 Å². The Labute approximate surface area is 97.5 Å². The van der Waals surface area contributed by atoms with Gasteiger partial charge in [-0.15, -0.1) is 0 Å². The number of aryl methyl sites for hydroxylation is 1. The molecule has 3 heteroatoms. The lowest BCUT2D eigenvalue weighted by Gasteiger charge is -2.21. The van der Waals surface area contributed by atoms with Gasteiger partial charge in [-0.2, -0.15) is 0 Å². The highest BCUT2D eigenvalue weighted by Crippen LogP contribution is 2.21. The molecule has 0 saturated heterocycles. The number of nitrogens with zero attached hydrogens (tertiary/aromatic N) is 1. The summed E-state index contributed by atoms with van der Waals surface area (Å²) >= 11 is 0. The summed E-state index contributed by atoms with van der Waals surface area (Å²) in [4.78, 5) is 4.33. The van der Waals surface area contributed by atoms with Crippen molar-refractivity contribution < 1.29 is 0 Å². The van der Waals surface area contributed by atoms with E-state index in [1.807, 2.05) is 19.2 Å². The Hall–Kier alpha value is -0.930. The molecule has 1 heterocycles. The SMILES string of the molecule is Cc1ccc(C(CN)NC2CCCC2)cn1. The Kier molecular flexibility index (Phi) is 3.91. The Morgan fingerprint density at radius 1 is 1.44 bits per heavy atom. The van der Waals surface area contributed by atoms with Crippen molar-refractivity contribution in [2.45, 2.75) is 44.7 Å². The molecule has 0 amide bonds. The average molecular weight is 219 g/mol. The van der Waals surface area contributed by atoms with Crippen molar-refractivity contribution in [2.24, 2.45) is 5.73 Å². The number of aromatic nitrogens is 1. The smallest absolute Gasteiger partial charge is 0.0462 e. The third-order valence-electron chi connectivity index (χ3n) is 3.36. The minimum absolute atomic E-state index is 0.260. The van der Waals surface area contributed by atoms with Crippen LogP contribution in [0.4, 0.5) is 0 Å². The summed E-state index contributed by atoms with van der Waals surface area (Å²) in [5.41, 5.74) is 8.09. The fourth-order valence-corrected chi connectivity index (χ4v) is 2.36. The van der Waals surface area contributed by atoms with Crippen LogP contribution in [0.3, 0.4) is 0 Å². The average Bonchev–Trinajstić information content (AvgIpc) is 2.80. The summed E-state index contributed by atoms with van der Waals surface area (Å²) in [6, 6.07) is 5.09. The summed E-state index contributed by atoms with van der Waals surface area (Å²) in [5, 5.41) is 3.64. The molecular weight excluding hydrogens is 198 g/mol. The molecule has 1 aromatic rings. The molecule has 1 aliphatic rings. The molecule has 3 nitrogen and oxygen atoms in total. The number of pyridine rings is 1. The highest BCUT2D eigenvalue weighted by Gasteiger charge is 2.19. The van der Waals surface area contributed by atoms with E-state index in [1.165, 1.54) is 31.2 Å². The number of rotatable bonds is 4. The topological polar surface area (TPSA) is 50.9 Å². The van der Waals surface area contributed by atoms with Gasteiger partial charge in [-0.05, 0) is 31.4 Å². The zero-order valence-corrected chi connectivity index (χ0v) is 9.95. The van der Waals surface area contributed by atoms with Crippen LogP contribution in [0.25, 0.3) is 0 Å². The minimum atomic E-state index is 0.260. The first-order valence-electron chi connectivity index (χ1n) is 6.18. The first-order valence-corrected chi connectivity index (χ1v) is 6.18. The summed E-state index contributed by atoms with van der Waals surface area (Å²) in [5.74, 6) is 0. The van der Waals surface area contributed by atoms with Gasteiger partial charge in [0.15, 0.2) is 0 Å². The van der Waals surface area contributed by atoms with Crippen molar-refractivity contribution in [1.82, 2.24) is 10.3 Å². The molecule has 1 aromatic heterocycles. The maximum Gasteiger partial charge on any atom is 0.0462 e. The molecule has 1 unspecified atom stereocenters. The molecule has 1 fully saturated rings. The maximum absolute atomic E-state index is 5.83. The van der Waals surface area contributed by atoms with E-state index in [-0.39, 0.29) is 6.04 Å². The molecule has 3 N–H and O–H groups in total. The van der Waals surface area contributed by atoms with E-state index < -0.39 is 0 Å². The first-order chi connectivity index (χ1) is 7.79. The second kappa shape index (κ2) is 5.41. The molecule has 88 valence electrons. The molecule has 0 radical (unpaired) electrons. The molecule has 1 aliphatic carbocycles. The van der Waals surface area contributed by atoms with Gasteiger partial charge in [0, 0.05) is 30.5 Å². The molecule has 1 saturated carbocycles. The normalized spacial score (nSPS) is 18.9. The summed E-state index contributed by atoms with van der Waals surface area (Å²) in [6.07, 6.45) is 7.21. The summed E-state index contributed by atoms with van der Waals surface area (Å²) in [6.45, 7) is 2.65. The quantitative estimate of drug-likeness (QED) is 0.813. The van der Waals surface area contributed by atoms with E-state index >= 15 is 0 Å². The van der Waals surface area contributed by atoms with Gasteiger partial charge in [0.25, 0.3) is 0 Å². The Morgan fingerprint density at radius 2 is 2.19 bits per heavy atom. The van der Waals surface area contributed by atoms with Gasteiger partial charge >= 0.3 is 0 Å². The molecule has 2 rings (SSSR count). The number of nitrogens with one attached hydrogen (secondary N) is 1. The zero-order valence-electron chi connectivity index (χ0n) is 9.95. The third-order valence-corrected chi connectivity index (χ3v) is 3.36. The van der Waals surface area contributed by atoms with Gasteiger partial charge in [-0.1, -0.05) is 18.9 Å². The largest absolute Gasteiger partial charge is 0.329 e. The standard InChI is InChI=1S/C13H21N3/c1-10-6-7-11(9-15-10)13(8-14)16-12-4-2-3-5-12/h6-7,9,12-13,16H,2-5,8,14H2,1H3. The fourth-order valence-electron chi connectivity index (χ4n) is 2.36. The fraction of sp³-hybridized carbons (Fsp3) is 0.615. The lowest BCUT2D eigenvalue weighted by atomic mass is 10.1. The van der Waals surface area contributed by atoms with Gasteiger partial charge in [-0.25, -0.2) is 0 Å². The lowest BCUT2D eigenvalue weighted by Crippen LogP contribution is -2.35. The Morgan fingerprint density at radius 3 is 2.75 bits per heavy atom. The van der Waals surface area contributed by atoms with Gasteiger partial charge in [0.05, 0.1) is 0 Å². The molecule has 0 aliphatic heterocycles. The monoisotopic (exact) mass is 219 g/mol. The molecule has 0 spiro atoms. The van der Waals surface area contributed by atoms with Crippen molar-refractivity contribution in [2.75, 3.05) is 6.54 Å². The minimum Gasteiger partial charge on any atom is -0.329 e. The molecular formula is C13H21N3. The predicted octanol–water partition coefficient (Wildman–Crippen LogP) is 1.92. The van der Waals surface area contributed by atoms with E-state index in [2.05, 4.69) is 16.4 Å². The van der Waals surface area contributed by atoms with Gasteiger partial charge in [0.2, 0.25) is 0 Å². The van der Waals surface area contributed by atoms with Gasteiger partial charge in [-0.3, -0.25) is 4.98 Å². The van der Waals surface area contributed by atoms with Crippen molar-refractivity contribution in [3.8, 4) is 0 Å². The van der Waals surface area contributed by atoms with E-state index in [0.29, 0.717) is 12.6 Å². The second-order valence-electron chi connectivity index (χ2n) is 4.67. The Bertz CT molecular complexity index is 314. The molecule has 0 aromatic carbocycles. The van der Waals surface area contributed by atoms with E-state index in [9.17, 15) is 0 Å². The van der Waals surface area contributed by atoms with Crippen LogP contribution >= 0.6 is 0 Å². The van der Waals surface area contributed by atoms with Gasteiger partial charge < -0.3 is 11.1 Å². The summed E-state index contributed by atoms with van der Waals surface area (Å²) in [7, 11) is 0. The lowest BCUT2D eigenvalue weighted by molar-refractivity contribution is 0.444. The molecule has 1 atom stereocenters. The van der Waals surface area contributed by atoms with Crippen LogP contribution in [-0.4, -0.2) is 17.6 Å². The number of hydrogen-bond donors (Lipinski definition) is 2. The van der Waals surface area contributed by atoms with Gasteiger partial charge in [0.1, 0.15) is 0 Å².